The van der Waals surface area contributed by atoms with Gasteiger partial charge in [-0.1, -0.05) is 23.7 Å². The van der Waals surface area contributed by atoms with E-state index in [0.29, 0.717) is 23.7 Å². The van der Waals surface area contributed by atoms with E-state index in [0.717, 1.165) is 0 Å². The molecule has 0 aromatic heterocycles. The number of nitrogens with one attached hydrogen (secondary N) is 1. The molecule has 0 radical (unpaired) electrons. The summed E-state index contributed by atoms with van der Waals surface area (Å²) >= 11 is 5.86. The maximum atomic E-state index is 11.3. The van der Waals surface area contributed by atoms with E-state index in [-0.39, 0.29) is 12.5 Å². The first kappa shape index (κ1) is 13.8. The number of hydrogen-bond acceptors (Lipinski definition) is 3. The second-order valence-electron chi connectivity index (χ2n) is 3.71. The first-order valence-corrected chi connectivity index (χ1v) is 5.79. The molecule has 0 heterocycles. The van der Waals surface area contributed by atoms with Crippen LogP contribution in [-0.4, -0.2) is 30.3 Å². The molecule has 0 aliphatic heterocycles. The molecular weight excluding hydrogens is 242 g/mol. The molecule has 0 saturated heterocycles. The molecule has 0 spiro atoms. The zero-order valence-corrected chi connectivity index (χ0v) is 10.4. The lowest BCUT2D eigenvalue weighted by Gasteiger charge is -2.09. The van der Waals surface area contributed by atoms with Gasteiger partial charge in [-0.15, -0.1) is 0 Å². The van der Waals surface area contributed by atoms with E-state index >= 15 is 0 Å². The van der Waals surface area contributed by atoms with Crippen LogP contribution >= 0.6 is 11.6 Å². The summed E-state index contributed by atoms with van der Waals surface area (Å²) in [6, 6.07) is 6.97. The molecule has 1 amide bonds. The Bertz CT molecular complexity index is 369. The van der Waals surface area contributed by atoms with E-state index < -0.39 is 6.10 Å². The van der Waals surface area contributed by atoms with Gasteiger partial charge in [0.1, 0.15) is 5.75 Å². The summed E-state index contributed by atoms with van der Waals surface area (Å²) in [4.78, 5) is 11.3. The van der Waals surface area contributed by atoms with Crippen molar-refractivity contribution in [3.63, 3.8) is 0 Å². The molecule has 4 nitrogen and oxygen atoms in total. The molecule has 1 aromatic rings. The average molecular weight is 258 g/mol. The molecule has 1 aromatic carbocycles. The minimum atomic E-state index is -0.417. The second-order valence-corrected chi connectivity index (χ2v) is 4.11. The van der Waals surface area contributed by atoms with Crippen LogP contribution in [0.25, 0.3) is 0 Å². The van der Waals surface area contributed by atoms with Crippen LogP contribution in [0.1, 0.15) is 13.3 Å². The Labute approximate surface area is 106 Å². The lowest BCUT2D eigenvalue weighted by molar-refractivity contribution is -0.123. The van der Waals surface area contributed by atoms with Crippen molar-refractivity contribution in [2.24, 2.45) is 0 Å². The highest BCUT2D eigenvalue weighted by Gasteiger charge is 2.05. The fourth-order valence-electron chi connectivity index (χ4n) is 1.18. The van der Waals surface area contributed by atoms with E-state index in [1.807, 2.05) is 0 Å². The van der Waals surface area contributed by atoms with Gasteiger partial charge >= 0.3 is 0 Å². The van der Waals surface area contributed by atoms with Crippen LogP contribution in [0.2, 0.25) is 5.02 Å². The van der Waals surface area contributed by atoms with E-state index in [4.69, 9.17) is 21.4 Å². The van der Waals surface area contributed by atoms with Crippen molar-refractivity contribution in [1.82, 2.24) is 5.32 Å². The molecule has 1 unspecified atom stereocenters. The fourth-order valence-corrected chi connectivity index (χ4v) is 1.37. The van der Waals surface area contributed by atoms with Gasteiger partial charge in [-0.2, -0.15) is 0 Å². The summed E-state index contributed by atoms with van der Waals surface area (Å²) in [5.74, 6) is 0.255. The molecule has 0 bridgehead atoms. The second kappa shape index (κ2) is 7.14. The monoisotopic (exact) mass is 257 g/mol. The van der Waals surface area contributed by atoms with Gasteiger partial charge < -0.3 is 15.2 Å². The molecule has 94 valence electrons. The molecule has 0 aliphatic rings. The standard InChI is InChI=1S/C12H16ClNO3/c1-9(15)6-7-14-12(16)8-17-11-5-3-2-4-10(11)13/h2-5,9,15H,6-8H2,1H3,(H,14,16). The molecular formula is C12H16ClNO3. The van der Waals surface area contributed by atoms with E-state index in [1.165, 1.54) is 0 Å². The number of carbonyl (C=O) groups excluding carboxylic acids is 1. The predicted molar refractivity (Wildman–Crippen MR) is 66.3 cm³/mol. The molecule has 1 atom stereocenters. The van der Waals surface area contributed by atoms with Gasteiger partial charge in [0.15, 0.2) is 6.61 Å². The van der Waals surface area contributed by atoms with Gasteiger partial charge in [0, 0.05) is 6.54 Å². The summed E-state index contributed by atoms with van der Waals surface area (Å²) in [6.45, 7) is 2.03. The van der Waals surface area contributed by atoms with Crippen LogP contribution in [0.5, 0.6) is 5.75 Å². The smallest absolute Gasteiger partial charge is 0.257 e. The first-order valence-electron chi connectivity index (χ1n) is 5.41. The van der Waals surface area contributed by atoms with Crippen molar-refractivity contribution in [2.75, 3.05) is 13.2 Å². The SMILES string of the molecule is CC(O)CCNC(=O)COc1ccccc1Cl. The zero-order chi connectivity index (χ0) is 12.7. The maximum Gasteiger partial charge on any atom is 0.257 e. The van der Waals surface area contributed by atoms with Crippen molar-refractivity contribution in [2.45, 2.75) is 19.4 Å². The largest absolute Gasteiger partial charge is 0.482 e. The van der Waals surface area contributed by atoms with E-state index in [1.54, 1.807) is 31.2 Å². The number of halogens is 1. The number of carbonyl (C=O) groups is 1. The minimum absolute atomic E-state index is 0.0798. The number of rotatable bonds is 6. The predicted octanol–water partition coefficient (Wildman–Crippen LogP) is 1.61. The lowest BCUT2D eigenvalue weighted by Crippen LogP contribution is -2.31. The van der Waals surface area contributed by atoms with Crippen LogP contribution in [0.15, 0.2) is 24.3 Å². The highest BCUT2D eigenvalue weighted by molar-refractivity contribution is 6.32. The van der Waals surface area contributed by atoms with Crippen molar-refractivity contribution >= 4 is 17.5 Å². The Balaban J connectivity index is 2.26. The molecule has 5 heteroatoms. The van der Waals surface area contributed by atoms with Gasteiger partial charge in [0.2, 0.25) is 0 Å². The fraction of sp³-hybridized carbons (Fsp3) is 0.417. The van der Waals surface area contributed by atoms with Crippen molar-refractivity contribution in [3.8, 4) is 5.75 Å². The first-order chi connectivity index (χ1) is 8.09. The van der Waals surface area contributed by atoms with E-state index in [2.05, 4.69) is 5.32 Å². The van der Waals surface area contributed by atoms with Gasteiger partial charge in [0.05, 0.1) is 11.1 Å². The highest BCUT2D eigenvalue weighted by atomic mass is 35.5. The number of amides is 1. The Hall–Kier alpha value is -1.26. The number of aliphatic hydroxyl groups excluding tert-OH is 1. The van der Waals surface area contributed by atoms with Crippen molar-refractivity contribution in [3.05, 3.63) is 29.3 Å². The van der Waals surface area contributed by atoms with Gasteiger partial charge in [-0.3, -0.25) is 4.79 Å². The Morgan fingerprint density at radius 2 is 2.24 bits per heavy atom. The number of para-hydroxylation sites is 1. The van der Waals surface area contributed by atoms with Crippen LogP contribution in [0, 0.1) is 0 Å². The van der Waals surface area contributed by atoms with Crippen molar-refractivity contribution in [1.29, 1.82) is 0 Å². The van der Waals surface area contributed by atoms with Crippen LogP contribution in [-0.2, 0) is 4.79 Å². The summed E-state index contributed by atoms with van der Waals surface area (Å²) in [5.41, 5.74) is 0. The lowest BCUT2D eigenvalue weighted by atomic mass is 10.3. The third-order valence-corrected chi connectivity index (χ3v) is 2.39. The summed E-state index contributed by atoms with van der Waals surface area (Å²) in [5, 5.41) is 12.1. The minimum Gasteiger partial charge on any atom is -0.482 e. The molecule has 0 saturated carbocycles. The van der Waals surface area contributed by atoms with Gasteiger partial charge in [-0.05, 0) is 25.5 Å². The normalized spacial score (nSPS) is 11.9. The zero-order valence-electron chi connectivity index (χ0n) is 9.65. The highest BCUT2D eigenvalue weighted by Crippen LogP contribution is 2.22. The summed E-state index contributed by atoms with van der Waals surface area (Å²) < 4.78 is 5.25. The molecule has 1 rings (SSSR count). The topological polar surface area (TPSA) is 58.6 Å². The van der Waals surface area contributed by atoms with Crippen LogP contribution in [0.4, 0.5) is 0 Å². The molecule has 17 heavy (non-hydrogen) atoms. The number of benzene rings is 1. The quantitative estimate of drug-likeness (QED) is 0.814. The Kier molecular flexibility index (Phi) is 5.80. The average Bonchev–Trinajstić information content (AvgIpc) is 2.27. The third-order valence-electron chi connectivity index (χ3n) is 2.08. The van der Waals surface area contributed by atoms with Gasteiger partial charge in [0.25, 0.3) is 5.91 Å². The van der Waals surface area contributed by atoms with E-state index in [9.17, 15) is 4.79 Å². The third kappa shape index (κ3) is 5.56. The van der Waals surface area contributed by atoms with Crippen LogP contribution < -0.4 is 10.1 Å². The van der Waals surface area contributed by atoms with Gasteiger partial charge in [-0.25, -0.2) is 0 Å². The van der Waals surface area contributed by atoms with Crippen LogP contribution in [0.3, 0.4) is 0 Å². The molecule has 0 fully saturated rings. The number of ether oxygens (including phenoxy) is 1. The maximum absolute atomic E-state index is 11.3. The summed E-state index contributed by atoms with van der Waals surface area (Å²) in [6.07, 6.45) is 0.109. The van der Waals surface area contributed by atoms with Crippen molar-refractivity contribution < 1.29 is 14.6 Å². The number of hydrogen-bond donors (Lipinski definition) is 2. The summed E-state index contributed by atoms with van der Waals surface area (Å²) in [7, 11) is 0. The molecule has 0 aliphatic carbocycles. The Morgan fingerprint density at radius 3 is 2.88 bits per heavy atom. The number of aliphatic hydroxyl groups is 1. The Morgan fingerprint density at radius 1 is 1.53 bits per heavy atom. The molecule has 2 N–H and O–H groups in total.